The lowest BCUT2D eigenvalue weighted by atomic mass is 9.98. The first kappa shape index (κ1) is 22.1. The van der Waals surface area contributed by atoms with E-state index < -0.39 is 11.9 Å². The molecule has 0 fully saturated rings. The van der Waals surface area contributed by atoms with Crippen molar-refractivity contribution in [1.29, 1.82) is 0 Å². The third-order valence-electron chi connectivity index (χ3n) is 4.92. The average Bonchev–Trinajstić information content (AvgIpc) is 2.83. The van der Waals surface area contributed by atoms with Crippen LogP contribution in [0.3, 0.4) is 0 Å². The molecular formula is C26H20N2O4S. The lowest BCUT2D eigenvalue weighted by Gasteiger charge is -2.11. The van der Waals surface area contributed by atoms with Gasteiger partial charge < -0.3 is 15.7 Å². The number of nitrogens with one attached hydrogen (secondary N) is 2. The molecule has 4 aromatic carbocycles. The van der Waals surface area contributed by atoms with Gasteiger partial charge in [-0.3, -0.25) is 9.59 Å². The van der Waals surface area contributed by atoms with Crippen LogP contribution in [0.25, 0.3) is 10.8 Å². The van der Waals surface area contributed by atoms with Crippen LogP contribution in [-0.2, 0) is 4.79 Å². The van der Waals surface area contributed by atoms with Crippen LogP contribution in [0.2, 0.25) is 0 Å². The van der Waals surface area contributed by atoms with Crippen LogP contribution in [-0.4, -0.2) is 28.6 Å². The summed E-state index contributed by atoms with van der Waals surface area (Å²) in [5, 5.41) is 16.3. The number of carboxylic acids is 1. The number of rotatable bonds is 7. The summed E-state index contributed by atoms with van der Waals surface area (Å²) in [7, 11) is 0. The number of benzene rings is 4. The van der Waals surface area contributed by atoms with Crippen LogP contribution >= 0.6 is 11.8 Å². The lowest BCUT2D eigenvalue weighted by Crippen LogP contribution is -2.14. The van der Waals surface area contributed by atoms with Gasteiger partial charge >= 0.3 is 5.97 Å². The van der Waals surface area contributed by atoms with Crippen LogP contribution in [0.4, 0.5) is 11.4 Å². The molecule has 4 aromatic rings. The normalized spacial score (nSPS) is 10.5. The second kappa shape index (κ2) is 10.0. The first-order valence-electron chi connectivity index (χ1n) is 10.2. The first-order chi connectivity index (χ1) is 16.0. The van der Waals surface area contributed by atoms with Gasteiger partial charge in [0.05, 0.1) is 11.3 Å². The largest absolute Gasteiger partial charge is 0.478 e. The van der Waals surface area contributed by atoms with E-state index in [1.807, 2.05) is 42.5 Å². The number of carbonyl (C=O) groups excluding carboxylic acids is 2. The van der Waals surface area contributed by atoms with Gasteiger partial charge in [0, 0.05) is 27.2 Å². The molecule has 0 bridgehead atoms. The van der Waals surface area contributed by atoms with Gasteiger partial charge in [-0.25, -0.2) is 4.79 Å². The molecule has 33 heavy (non-hydrogen) atoms. The van der Waals surface area contributed by atoms with Crippen LogP contribution in [0, 0.1) is 0 Å². The van der Waals surface area contributed by atoms with E-state index in [4.69, 9.17) is 0 Å². The van der Waals surface area contributed by atoms with Gasteiger partial charge in [0.1, 0.15) is 0 Å². The second-order valence-corrected chi connectivity index (χ2v) is 8.24. The quantitative estimate of drug-likeness (QED) is 0.318. The molecule has 7 heteroatoms. The molecule has 164 valence electrons. The molecule has 0 aliphatic carbocycles. The van der Waals surface area contributed by atoms with Gasteiger partial charge in [0.2, 0.25) is 5.91 Å². The molecule has 0 radical (unpaired) electrons. The molecule has 0 atom stereocenters. The predicted molar refractivity (Wildman–Crippen MR) is 131 cm³/mol. The van der Waals surface area contributed by atoms with E-state index >= 15 is 0 Å². The summed E-state index contributed by atoms with van der Waals surface area (Å²) in [4.78, 5) is 37.5. The van der Waals surface area contributed by atoms with E-state index in [2.05, 4.69) is 10.6 Å². The van der Waals surface area contributed by atoms with Gasteiger partial charge in [-0.2, -0.15) is 0 Å². The second-order valence-electron chi connectivity index (χ2n) is 7.20. The third-order valence-corrected chi connectivity index (χ3v) is 5.93. The fourth-order valence-corrected chi connectivity index (χ4v) is 4.11. The molecule has 4 rings (SSSR count). The molecule has 0 saturated carbocycles. The van der Waals surface area contributed by atoms with Crippen molar-refractivity contribution in [1.82, 2.24) is 0 Å². The molecule has 0 heterocycles. The number of amides is 2. The van der Waals surface area contributed by atoms with Gasteiger partial charge in [-0.1, -0.05) is 42.5 Å². The zero-order valence-corrected chi connectivity index (χ0v) is 18.3. The topological polar surface area (TPSA) is 95.5 Å². The fourth-order valence-electron chi connectivity index (χ4n) is 3.41. The minimum Gasteiger partial charge on any atom is -0.478 e. The molecular weight excluding hydrogens is 436 g/mol. The number of aromatic carboxylic acids is 1. The molecule has 6 nitrogen and oxygen atoms in total. The van der Waals surface area contributed by atoms with Gasteiger partial charge in [0.25, 0.3) is 5.91 Å². The van der Waals surface area contributed by atoms with Crippen molar-refractivity contribution in [2.75, 3.05) is 16.4 Å². The fraction of sp³-hybridized carbons (Fsp3) is 0.0385. The minimum absolute atomic E-state index is 0.0822. The standard InChI is InChI=1S/C26H20N2O4S/c29-23(27-18-8-2-1-3-9-18)16-33-20-14-12-19(13-15-20)28-25(30)21-10-4-6-17-7-5-11-22(24(17)21)26(31)32/h1-15H,16H2,(H,27,29)(H,28,30)(H,31,32). The highest BCUT2D eigenvalue weighted by Gasteiger charge is 2.16. The van der Waals surface area contributed by atoms with Crippen molar-refractivity contribution >= 4 is 51.7 Å². The van der Waals surface area contributed by atoms with Crippen molar-refractivity contribution in [3.05, 3.63) is 102 Å². The molecule has 0 saturated heterocycles. The van der Waals surface area contributed by atoms with Crippen molar-refractivity contribution < 1.29 is 19.5 Å². The summed E-state index contributed by atoms with van der Waals surface area (Å²) in [5.41, 5.74) is 1.70. The molecule has 0 aliphatic rings. The van der Waals surface area contributed by atoms with Crippen molar-refractivity contribution in [3.8, 4) is 0 Å². The number of fused-ring (bicyclic) bond motifs is 1. The summed E-state index contributed by atoms with van der Waals surface area (Å²) in [5.74, 6) is -1.32. The first-order valence-corrected chi connectivity index (χ1v) is 11.1. The molecule has 0 aliphatic heterocycles. The minimum atomic E-state index is -1.08. The number of hydrogen-bond acceptors (Lipinski definition) is 4. The highest BCUT2D eigenvalue weighted by molar-refractivity contribution is 8.00. The van der Waals surface area contributed by atoms with E-state index in [0.29, 0.717) is 22.0 Å². The van der Waals surface area contributed by atoms with Crippen molar-refractivity contribution in [2.45, 2.75) is 4.90 Å². The maximum atomic E-state index is 12.9. The predicted octanol–water partition coefficient (Wildman–Crippen LogP) is 5.52. The van der Waals surface area contributed by atoms with Crippen LogP contribution in [0.1, 0.15) is 20.7 Å². The Balaban J connectivity index is 1.42. The summed E-state index contributed by atoms with van der Waals surface area (Å²) >= 11 is 1.39. The van der Waals surface area contributed by atoms with E-state index in [0.717, 1.165) is 10.6 Å². The third kappa shape index (κ3) is 5.39. The Morgan fingerprint density at radius 3 is 2.00 bits per heavy atom. The maximum Gasteiger partial charge on any atom is 0.336 e. The number of carbonyl (C=O) groups is 3. The monoisotopic (exact) mass is 456 g/mol. The molecule has 2 amide bonds. The summed E-state index contributed by atoms with van der Waals surface area (Å²) < 4.78 is 0. The molecule has 3 N–H and O–H groups in total. The molecule has 0 aromatic heterocycles. The number of thioether (sulfide) groups is 1. The van der Waals surface area contributed by atoms with Crippen LogP contribution in [0.5, 0.6) is 0 Å². The van der Waals surface area contributed by atoms with E-state index in [1.54, 1.807) is 42.5 Å². The number of hydrogen-bond donors (Lipinski definition) is 3. The van der Waals surface area contributed by atoms with Crippen molar-refractivity contribution in [3.63, 3.8) is 0 Å². The van der Waals surface area contributed by atoms with Gasteiger partial charge in [-0.15, -0.1) is 11.8 Å². The van der Waals surface area contributed by atoms with Crippen LogP contribution < -0.4 is 10.6 Å². The lowest BCUT2D eigenvalue weighted by molar-refractivity contribution is -0.113. The Kier molecular flexibility index (Phi) is 6.71. The number of anilines is 2. The Labute approximate surface area is 194 Å². The van der Waals surface area contributed by atoms with Gasteiger partial charge in [0.15, 0.2) is 0 Å². The smallest absolute Gasteiger partial charge is 0.336 e. The summed E-state index contributed by atoms with van der Waals surface area (Å²) in [6, 6.07) is 26.4. The Hall–Kier alpha value is -4.10. The summed E-state index contributed by atoms with van der Waals surface area (Å²) in [6.45, 7) is 0. The Morgan fingerprint density at radius 1 is 0.697 bits per heavy atom. The average molecular weight is 457 g/mol. The van der Waals surface area contributed by atoms with E-state index in [1.165, 1.54) is 17.8 Å². The zero-order chi connectivity index (χ0) is 23.2. The number of para-hydroxylation sites is 1. The Morgan fingerprint density at radius 2 is 1.33 bits per heavy atom. The highest BCUT2D eigenvalue weighted by atomic mass is 32.2. The SMILES string of the molecule is O=C(CSc1ccc(NC(=O)c2cccc3cccc(C(=O)O)c23)cc1)Nc1ccccc1. The summed E-state index contributed by atoms with van der Waals surface area (Å²) in [6.07, 6.45) is 0. The van der Waals surface area contributed by atoms with E-state index in [9.17, 15) is 19.5 Å². The highest BCUT2D eigenvalue weighted by Crippen LogP contribution is 2.25. The maximum absolute atomic E-state index is 12.9. The number of carboxylic acid groups (broad SMARTS) is 1. The van der Waals surface area contributed by atoms with Crippen LogP contribution in [0.15, 0.2) is 95.9 Å². The Bertz CT molecular complexity index is 1320. The zero-order valence-electron chi connectivity index (χ0n) is 17.4. The molecule has 0 spiro atoms. The van der Waals surface area contributed by atoms with E-state index in [-0.39, 0.29) is 17.2 Å². The van der Waals surface area contributed by atoms with Gasteiger partial charge in [-0.05, 0) is 53.9 Å². The van der Waals surface area contributed by atoms with Crippen molar-refractivity contribution in [2.24, 2.45) is 0 Å². The molecule has 0 unspecified atom stereocenters.